The van der Waals surface area contributed by atoms with Crippen LogP contribution in [0, 0.1) is 5.92 Å². The standard InChI is InChI=1S/C11H20N2O2.ClH/c1-8-5-9(2)13(7-8)11(14)10-6-12-3-4-15-10;/h8-10,12H,3-7H2,1-2H3;1H/t8?,9?,10-;/m0./s1. The predicted molar refractivity (Wildman–Crippen MR) is 64.8 cm³/mol. The lowest BCUT2D eigenvalue weighted by atomic mass is 10.1. The molecule has 1 N–H and O–H groups in total. The molecular weight excluding hydrogens is 228 g/mol. The van der Waals surface area contributed by atoms with E-state index < -0.39 is 0 Å². The van der Waals surface area contributed by atoms with E-state index in [4.69, 9.17) is 4.74 Å². The maximum atomic E-state index is 12.1. The molecule has 0 bridgehead atoms. The molecule has 2 heterocycles. The average Bonchev–Trinajstić information content (AvgIpc) is 2.58. The molecule has 0 aromatic carbocycles. The molecule has 0 radical (unpaired) electrons. The minimum absolute atomic E-state index is 0. The molecule has 3 atom stereocenters. The molecule has 2 fully saturated rings. The highest BCUT2D eigenvalue weighted by atomic mass is 35.5. The van der Waals surface area contributed by atoms with Gasteiger partial charge in [-0.1, -0.05) is 6.92 Å². The first-order valence-corrected chi connectivity index (χ1v) is 5.81. The number of morpholine rings is 1. The molecule has 4 nitrogen and oxygen atoms in total. The van der Waals surface area contributed by atoms with Crippen molar-refractivity contribution in [2.45, 2.75) is 32.4 Å². The molecule has 0 aromatic heterocycles. The van der Waals surface area contributed by atoms with Crippen LogP contribution >= 0.6 is 12.4 Å². The minimum Gasteiger partial charge on any atom is -0.366 e. The molecule has 2 aliphatic rings. The van der Waals surface area contributed by atoms with Gasteiger partial charge in [0, 0.05) is 25.7 Å². The molecule has 2 unspecified atom stereocenters. The number of likely N-dealkylation sites (tertiary alicyclic amines) is 1. The van der Waals surface area contributed by atoms with Crippen LogP contribution < -0.4 is 5.32 Å². The van der Waals surface area contributed by atoms with Crippen molar-refractivity contribution < 1.29 is 9.53 Å². The maximum absolute atomic E-state index is 12.1. The molecule has 0 aromatic rings. The van der Waals surface area contributed by atoms with Gasteiger partial charge in [-0.3, -0.25) is 4.79 Å². The summed E-state index contributed by atoms with van der Waals surface area (Å²) in [5, 5.41) is 3.19. The first-order chi connectivity index (χ1) is 7.18. The Balaban J connectivity index is 0.00000128. The fraction of sp³-hybridized carbons (Fsp3) is 0.909. The monoisotopic (exact) mass is 248 g/mol. The predicted octanol–water partition coefficient (Wildman–Crippen LogP) is 0.653. The maximum Gasteiger partial charge on any atom is 0.253 e. The Bertz CT molecular complexity index is 244. The van der Waals surface area contributed by atoms with Crippen LogP contribution in [0.4, 0.5) is 0 Å². The quantitative estimate of drug-likeness (QED) is 0.741. The normalized spacial score (nSPS) is 34.6. The average molecular weight is 249 g/mol. The molecule has 1 amide bonds. The number of carbonyl (C=O) groups is 1. The number of nitrogens with one attached hydrogen (secondary N) is 1. The van der Waals surface area contributed by atoms with E-state index in [2.05, 4.69) is 19.2 Å². The Hall–Kier alpha value is -0.320. The minimum atomic E-state index is -0.258. The number of ether oxygens (including phenoxy) is 1. The molecule has 0 aliphatic carbocycles. The molecule has 2 saturated heterocycles. The van der Waals surface area contributed by atoms with Crippen molar-refractivity contribution in [2.75, 3.05) is 26.2 Å². The van der Waals surface area contributed by atoms with Crippen LogP contribution in [-0.2, 0) is 9.53 Å². The fourth-order valence-corrected chi connectivity index (χ4v) is 2.52. The molecular formula is C11H21ClN2O2. The Morgan fingerprint density at radius 2 is 2.19 bits per heavy atom. The van der Waals surface area contributed by atoms with Gasteiger partial charge in [-0.2, -0.15) is 0 Å². The van der Waals surface area contributed by atoms with Gasteiger partial charge in [0.25, 0.3) is 5.91 Å². The Kier molecular flexibility index (Phi) is 5.02. The second kappa shape index (κ2) is 5.84. The van der Waals surface area contributed by atoms with Crippen molar-refractivity contribution in [1.82, 2.24) is 10.2 Å². The second-order valence-electron chi connectivity index (χ2n) is 4.74. The van der Waals surface area contributed by atoms with E-state index in [0.29, 0.717) is 25.1 Å². The number of amides is 1. The smallest absolute Gasteiger partial charge is 0.253 e. The second-order valence-corrected chi connectivity index (χ2v) is 4.74. The lowest BCUT2D eigenvalue weighted by Crippen LogP contribution is -2.50. The highest BCUT2D eigenvalue weighted by molar-refractivity contribution is 5.85. The van der Waals surface area contributed by atoms with Gasteiger partial charge < -0.3 is 15.0 Å². The first kappa shape index (κ1) is 13.7. The van der Waals surface area contributed by atoms with E-state index in [0.717, 1.165) is 19.5 Å². The highest BCUT2D eigenvalue weighted by Crippen LogP contribution is 2.23. The molecule has 0 saturated carbocycles. The number of hydrogen-bond donors (Lipinski definition) is 1. The number of hydrogen-bond acceptors (Lipinski definition) is 3. The van der Waals surface area contributed by atoms with Crippen molar-refractivity contribution >= 4 is 18.3 Å². The zero-order chi connectivity index (χ0) is 10.8. The van der Waals surface area contributed by atoms with Crippen LogP contribution in [0.5, 0.6) is 0 Å². The van der Waals surface area contributed by atoms with E-state index >= 15 is 0 Å². The van der Waals surface area contributed by atoms with Gasteiger partial charge in [-0.25, -0.2) is 0 Å². The van der Waals surface area contributed by atoms with E-state index in [1.807, 2.05) is 4.90 Å². The van der Waals surface area contributed by atoms with Gasteiger partial charge in [0.1, 0.15) is 6.10 Å². The Morgan fingerprint density at radius 1 is 1.44 bits per heavy atom. The molecule has 16 heavy (non-hydrogen) atoms. The number of halogens is 1. The first-order valence-electron chi connectivity index (χ1n) is 5.81. The Morgan fingerprint density at radius 3 is 2.69 bits per heavy atom. The largest absolute Gasteiger partial charge is 0.366 e. The fourth-order valence-electron chi connectivity index (χ4n) is 2.52. The molecule has 5 heteroatoms. The van der Waals surface area contributed by atoms with Gasteiger partial charge in [-0.05, 0) is 19.3 Å². The summed E-state index contributed by atoms with van der Waals surface area (Å²) in [4.78, 5) is 14.1. The third-order valence-electron chi connectivity index (χ3n) is 3.27. The van der Waals surface area contributed by atoms with Gasteiger partial charge >= 0.3 is 0 Å². The van der Waals surface area contributed by atoms with Crippen molar-refractivity contribution in [2.24, 2.45) is 5.92 Å². The van der Waals surface area contributed by atoms with Gasteiger partial charge in [0.05, 0.1) is 6.61 Å². The number of carbonyl (C=O) groups excluding carboxylic acids is 1. The zero-order valence-corrected chi connectivity index (χ0v) is 10.8. The number of rotatable bonds is 1. The molecule has 0 spiro atoms. The molecule has 2 aliphatic heterocycles. The third kappa shape index (κ3) is 2.87. The Labute approximate surface area is 103 Å². The summed E-state index contributed by atoms with van der Waals surface area (Å²) in [5.41, 5.74) is 0. The van der Waals surface area contributed by atoms with E-state index in [1.165, 1.54) is 0 Å². The van der Waals surface area contributed by atoms with Crippen LogP contribution in [0.2, 0.25) is 0 Å². The molecule has 94 valence electrons. The van der Waals surface area contributed by atoms with Crippen molar-refractivity contribution in [3.05, 3.63) is 0 Å². The van der Waals surface area contributed by atoms with E-state index in [9.17, 15) is 4.79 Å². The van der Waals surface area contributed by atoms with Crippen LogP contribution in [0.3, 0.4) is 0 Å². The van der Waals surface area contributed by atoms with Crippen molar-refractivity contribution in [3.63, 3.8) is 0 Å². The van der Waals surface area contributed by atoms with Crippen LogP contribution in [-0.4, -0.2) is 49.2 Å². The van der Waals surface area contributed by atoms with E-state index in [1.54, 1.807) is 0 Å². The van der Waals surface area contributed by atoms with Gasteiger partial charge in [0.2, 0.25) is 0 Å². The topological polar surface area (TPSA) is 41.6 Å². The summed E-state index contributed by atoms with van der Waals surface area (Å²) < 4.78 is 5.48. The lowest BCUT2D eigenvalue weighted by molar-refractivity contribution is -0.145. The summed E-state index contributed by atoms with van der Waals surface area (Å²) in [6.07, 6.45) is 0.859. The highest BCUT2D eigenvalue weighted by Gasteiger charge is 2.34. The third-order valence-corrected chi connectivity index (χ3v) is 3.27. The summed E-state index contributed by atoms with van der Waals surface area (Å²) in [6, 6.07) is 0.373. The SMILES string of the molecule is CC1CC(C)N(C(=O)[C@@H]2CNCCO2)C1.Cl. The molecule has 2 rings (SSSR count). The van der Waals surface area contributed by atoms with Crippen molar-refractivity contribution in [1.29, 1.82) is 0 Å². The lowest BCUT2D eigenvalue weighted by Gasteiger charge is -2.29. The summed E-state index contributed by atoms with van der Waals surface area (Å²) in [7, 11) is 0. The van der Waals surface area contributed by atoms with Crippen LogP contribution in [0.1, 0.15) is 20.3 Å². The van der Waals surface area contributed by atoms with Gasteiger partial charge in [0.15, 0.2) is 0 Å². The van der Waals surface area contributed by atoms with Crippen LogP contribution in [0.15, 0.2) is 0 Å². The summed E-state index contributed by atoms with van der Waals surface area (Å²) in [5.74, 6) is 0.791. The van der Waals surface area contributed by atoms with Crippen LogP contribution in [0.25, 0.3) is 0 Å². The summed E-state index contributed by atoms with van der Waals surface area (Å²) in [6.45, 7) is 7.38. The van der Waals surface area contributed by atoms with Crippen molar-refractivity contribution in [3.8, 4) is 0 Å². The van der Waals surface area contributed by atoms with E-state index in [-0.39, 0.29) is 24.4 Å². The zero-order valence-electron chi connectivity index (χ0n) is 9.94. The summed E-state index contributed by atoms with van der Waals surface area (Å²) >= 11 is 0. The van der Waals surface area contributed by atoms with Gasteiger partial charge in [-0.15, -0.1) is 12.4 Å². The number of nitrogens with zero attached hydrogens (tertiary/aromatic N) is 1.